The van der Waals surface area contributed by atoms with Crippen molar-refractivity contribution in [1.29, 1.82) is 0 Å². The van der Waals surface area contributed by atoms with Crippen LogP contribution >= 0.6 is 0 Å². The van der Waals surface area contributed by atoms with E-state index in [1.165, 1.54) is 0 Å². The average molecular weight is 260 g/mol. The van der Waals surface area contributed by atoms with Crippen LogP contribution in [-0.2, 0) is 0 Å². The molecule has 1 unspecified atom stereocenters. The third-order valence-corrected chi connectivity index (χ3v) is 3.13. The van der Waals surface area contributed by atoms with Gasteiger partial charge in [-0.1, -0.05) is 6.92 Å². The largest absolute Gasteiger partial charge is 0.347 e. The van der Waals surface area contributed by atoms with Gasteiger partial charge in [-0.3, -0.25) is 4.79 Å². The first-order chi connectivity index (χ1) is 9.13. The monoisotopic (exact) mass is 260 g/mol. The minimum Gasteiger partial charge on any atom is -0.347 e. The van der Waals surface area contributed by atoms with Crippen LogP contribution < -0.4 is 5.32 Å². The van der Waals surface area contributed by atoms with Gasteiger partial charge in [-0.2, -0.15) is 0 Å². The molecule has 0 aliphatic heterocycles. The minimum absolute atomic E-state index is 0.0676. The highest BCUT2D eigenvalue weighted by Gasteiger charge is 2.18. The molecule has 0 aromatic carbocycles. The van der Waals surface area contributed by atoms with E-state index in [1.807, 2.05) is 29.8 Å². The summed E-state index contributed by atoms with van der Waals surface area (Å²) in [6.07, 6.45) is 6.18. The highest BCUT2D eigenvalue weighted by Crippen LogP contribution is 2.15. The number of carbonyl (C=O) groups is 1. The molecule has 2 heterocycles. The number of H-pyrrole nitrogens is 1. The number of aromatic nitrogens is 3. The summed E-state index contributed by atoms with van der Waals surface area (Å²) in [7, 11) is 0. The number of hydrogen-bond donors (Lipinski definition) is 2. The Hall–Kier alpha value is -2.04. The smallest absolute Gasteiger partial charge is 0.268 e. The molecule has 5 heteroatoms. The van der Waals surface area contributed by atoms with Crippen LogP contribution in [0.5, 0.6) is 0 Å². The van der Waals surface area contributed by atoms with Gasteiger partial charge in [-0.25, -0.2) is 4.98 Å². The van der Waals surface area contributed by atoms with E-state index < -0.39 is 0 Å². The summed E-state index contributed by atoms with van der Waals surface area (Å²) in [5.41, 5.74) is 0.681. The molecule has 102 valence electrons. The van der Waals surface area contributed by atoms with Crippen molar-refractivity contribution in [3.8, 4) is 0 Å². The van der Waals surface area contributed by atoms with E-state index in [2.05, 4.69) is 29.1 Å². The zero-order valence-electron chi connectivity index (χ0n) is 11.6. The summed E-state index contributed by atoms with van der Waals surface area (Å²) >= 11 is 0. The summed E-state index contributed by atoms with van der Waals surface area (Å²) in [5.74, 6) is 0.723. The first kappa shape index (κ1) is 13.4. The van der Waals surface area contributed by atoms with Crippen molar-refractivity contribution in [2.45, 2.75) is 39.3 Å². The lowest BCUT2D eigenvalue weighted by molar-refractivity contribution is 0.0923. The second-order valence-corrected chi connectivity index (χ2v) is 4.80. The molecule has 0 fully saturated rings. The van der Waals surface area contributed by atoms with E-state index in [9.17, 15) is 4.79 Å². The molecule has 0 bridgehead atoms. The van der Waals surface area contributed by atoms with Crippen molar-refractivity contribution in [1.82, 2.24) is 19.9 Å². The highest BCUT2D eigenvalue weighted by molar-refractivity contribution is 5.93. The average Bonchev–Trinajstić information content (AvgIpc) is 3.05. The predicted octanol–water partition coefficient (Wildman–Crippen LogP) is 2.67. The number of rotatable bonds is 5. The normalized spacial score (nSPS) is 12.6. The van der Waals surface area contributed by atoms with Crippen molar-refractivity contribution in [3.05, 3.63) is 42.2 Å². The molecule has 2 aromatic rings. The molecule has 0 aliphatic carbocycles. The summed E-state index contributed by atoms with van der Waals surface area (Å²) in [5, 5.41) is 3.01. The number of aromatic amines is 1. The van der Waals surface area contributed by atoms with Gasteiger partial charge in [0.2, 0.25) is 0 Å². The van der Waals surface area contributed by atoms with Gasteiger partial charge in [0.05, 0.1) is 6.04 Å². The SMILES string of the molecule is CCC(NC(=O)c1cccn1C(C)C)c1ncc[nH]1. The maximum absolute atomic E-state index is 12.3. The molecule has 1 atom stereocenters. The third-order valence-electron chi connectivity index (χ3n) is 3.13. The number of hydrogen-bond acceptors (Lipinski definition) is 2. The summed E-state index contributed by atoms with van der Waals surface area (Å²) in [4.78, 5) is 19.6. The maximum Gasteiger partial charge on any atom is 0.268 e. The fourth-order valence-electron chi connectivity index (χ4n) is 2.10. The van der Waals surface area contributed by atoms with Crippen LogP contribution in [0.25, 0.3) is 0 Å². The third kappa shape index (κ3) is 2.86. The van der Waals surface area contributed by atoms with Crippen molar-refractivity contribution in [2.24, 2.45) is 0 Å². The molecule has 1 amide bonds. The van der Waals surface area contributed by atoms with Crippen molar-refractivity contribution < 1.29 is 4.79 Å². The molecule has 2 aromatic heterocycles. The summed E-state index contributed by atoms with van der Waals surface area (Å²) in [6.45, 7) is 6.14. The quantitative estimate of drug-likeness (QED) is 0.868. The molecule has 2 rings (SSSR count). The van der Waals surface area contributed by atoms with Gasteiger partial charge in [0.1, 0.15) is 11.5 Å². The molecule has 0 radical (unpaired) electrons. The number of amides is 1. The van der Waals surface area contributed by atoms with Gasteiger partial charge in [0.25, 0.3) is 5.91 Å². The van der Waals surface area contributed by atoms with Crippen LogP contribution in [-0.4, -0.2) is 20.4 Å². The van der Waals surface area contributed by atoms with Gasteiger partial charge in [0.15, 0.2) is 0 Å². The second-order valence-electron chi connectivity index (χ2n) is 4.80. The van der Waals surface area contributed by atoms with Gasteiger partial charge < -0.3 is 14.9 Å². The van der Waals surface area contributed by atoms with Crippen LogP contribution in [0.4, 0.5) is 0 Å². The van der Waals surface area contributed by atoms with Gasteiger partial charge >= 0.3 is 0 Å². The van der Waals surface area contributed by atoms with E-state index in [0.29, 0.717) is 5.69 Å². The van der Waals surface area contributed by atoms with Crippen molar-refractivity contribution >= 4 is 5.91 Å². The fraction of sp³-hybridized carbons (Fsp3) is 0.429. The highest BCUT2D eigenvalue weighted by atomic mass is 16.2. The van der Waals surface area contributed by atoms with Gasteiger partial charge in [-0.05, 0) is 32.4 Å². The lowest BCUT2D eigenvalue weighted by Crippen LogP contribution is -2.30. The van der Waals surface area contributed by atoms with Gasteiger partial charge in [0, 0.05) is 24.6 Å². The lowest BCUT2D eigenvalue weighted by atomic mass is 10.2. The standard InChI is InChI=1S/C14H20N4O/c1-4-11(13-15-7-8-16-13)17-14(19)12-6-5-9-18(12)10(2)3/h5-11H,4H2,1-3H3,(H,15,16)(H,17,19). The number of nitrogens with one attached hydrogen (secondary N) is 2. The first-order valence-electron chi connectivity index (χ1n) is 6.60. The lowest BCUT2D eigenvalue weighted by Gasteiger charge is -2.17. The number of carbonyl (C=O) groups excluding carboxylic acids is 1. The predicted molar refractivity (Wildman–Crippen MR) is 73.9 cm³/mol. The molecule has 0 saturated heterocycles. The molecule has 0 spiro atoms. The zero-order chi connectivity index (χ0) is 13.8. The Kier molecular flexibility index (Phi) is 4.04. The number of nitrogens with zero attached hydrogens (tertiary/aromatic N) is 2. The minimum atomic E-state index is -0.0852. The Balaban J connectivity index is 2.14. The zero-order valence-corrected chi connectivity index (χ0v) is 11.6. The van der Waals surface area contributed by atoms with E-state index in [-0.39, 0.29) is 18.0 Å². The van der Waals surface area contributed by atoms with Crippen LogP contribution in [0.15, 0.2) is 30.7 Å². The summed E-state index contributed by atoms with van der Waals surface area (Å²) in [6, 6.07) is 3.91. The molecule has 5 nitrogen and oxygen atoms in total. The van der Waals surface area contributed by atoms with E-state index in [0.717, 1.165) is 12.2 Å². The molecule has 0 aliphatic rings. The maximum atomic E-state index is 12.3. The van der Waals surface area contributed by atoms with Gasteiger partial charge in [-0.15, -0.1) is 0 Å². The van der Waals surface area contributed by atoms with Crippen molar-refractivity contribution in [2.75, 3.05) is 0 Å². The second kappa shape index (κ2) is 5.73. The number of imidazole rings is 1. The van der Waals surface area contributed by atoms with E-state index in [1.54, 1.807) is 12.4 Å². The van der Waals surface area contributed by atoms with Crippen molar-refractivity contribution in [3.63, 3.8) is 0 Å². The van der Waals surface area contributed by atoms with Crippen LogP contribution in [0.1, 0.15) is 55.6 Å². The Morgan fingerprint density at radius 3 is 2.89 bits per heavy atom. The first-order valence-corrected chi connectivity index (χ1v) is 6.60. The fourth-order valence-corrected chi connectivity index (χ4v) is 2.10. The molecule has 0 saturated carbocycles. The Morgan fingerprint density at radius 1 is 1.53 bits per heavy atom. The Bertz CT molecular complexity index is 527. The van der Waals surface area contributed by atoms with Crippen LogP contribution in [0.2, 0.25) is 0 Å². The molecule has 19 heavy (non-hydrogen) atoms. The Morgan fingerprint density at radius 2 is 2.32 bits per heavy atom. The summed E-state index contributed by atoms with van der Waals surface area (Å²) < 4.78 is 1.96. The molecular weight excluding hydrogens is 240 g/mol. The Labute approximate surface area is 113 Å². The molecule has 2 N–H and O–H groups in total. The van der Waals surface area contributed by atoms with E-state index >= 15 is 0 Å². The topological polar surface area (TPSA) is 62.7 Å². The van der Waals surface area contributed by atoms with Crippen LogP contribution in [0.3, 0.4) is 0 Å². The van der Waals surface area contributed by atoms with Crippen LogP contribution in [0, 0.1) is 0 Å². The van der Waals surface area contributed by atoms with E-state index in [4.69, 9.17) is 0 Å². The molecular formula is C14H20N4O.